The first-order valence-electron chi connectivity index (χ1n) is 16.1. The highest BCUT2D eigenvalue weighted by Crippen LogP contribution is 2.61. The van der Waals surface area contributed by atoms with E-state index in [1.54, 1.807) is 6.08 Å². The fourth-order valence-electron chi connectivity index (χ4n) is 7.86. The molecule has 0 bridgehead atoms. The molecule has 0 aromatic heterocycles. The molecule has 4 aliphatic rings. The van der Waals surface area contributed by atoms with Gasteiger partial charge in [0.05, 0.1) is 38.0 Å². The Bertz CT molecular complexity index is 1380. The average Bonchev–Trinajstić information content (AvgIpc) is 3.37. The number of likely N-dealkylation sites (N-methyl/N-ethyl adjacent to an activating group) is 1. The lowest BCUT2D eigenvalue weighted by molar-refractivity contribution is -0.156. The van der Waals surface area contributed by atoms with Crippen LogP contribution in [0.3, 0.4) is 0 Å². The number of amidine groups is 1. The topological polar surface area (TPSA) is 121 Å². The molecule has 3 unspecified atom stereocenters. The number of hydrogen-bond donors (Lipinski definition) is 3. The lowest BCUT2D eigenvalue weighted by atomic mass is 9.45. The molecule has 5 rings (SSSR count). The van der Waals surface area contributed by atoms with E-state index < -0.39 is 17.5 Å². The van der Waals surface area contributed by atoms with Crippen LogP contribution in [-0.4, -0.2) is 104 Å². The third-order valence-corrected chi connectivity index (χ3v) is 10.7. The van der Waals surface area contributed by atoms with Gasteiger partial charge < -0.3 is 30.3 Å². The van der Waals surface area contributed by atoms with Crippen LogP contribution < -0.4 is 5.73 Å². The minimum Gasteiger partial charge on any atom is -0.423 e. The van der Waals surface area contributed by atoms with Crippen LogP contribution in [0.25, 0.3) is 6.08 Å². The molecular weight excluding hydrogens is 568 g/mol. The van der Waals surface area contributed by atoms with Gasteiger partial charge in [-0.15, -0.1) is 0 Å². The van der Waals surface area contributed by atoms with Crippen molar-refractivity contribution in [3.05, 3.63) is 77.1 Å². The number of cyclic esters (lactones) is 1. The zero-order valence-electron chi connectivity index (χ0n) is 27.2. The lowest BCUT2D eigenvalue weighted by Gasteiger charge is -2.62. The minimum atomic E-state index is -0.621. The summed E-state index contributed by atoms with van der Waals surface area (Å²) in [5, 5.41) is 21.7. The fourth-order valence-corrected chi connectivity index (χ4v) is 7.86. The van der Waals surface area contributed by atoms with Crippen LogP contribution in [0, 0.1) is 22.7 Å². The van der Waals surface area contributed by atoms with Crippen molar-refractivity contribution in [3.63, 3.8) is 0 Å². The maximum absolute atomic E-state index is 13.0. The molecule has 2 aliphatic heterocycles. The second-order valence-electron chi connectivity index (χ2n) is 13.8. The summed E-state index contributed by atoms with van der Waals surface area (Å²) >= 11 is 0. The second-order valence-corrected chi connectivity index (χ2v) is 13.8. The van der Waals surface area contributed by atoms with Crippen molar-refractivity contribution in [1.82, 2.24) is 9.80 Å². The summed E-state index contributed by atoms with van der Waals surface area (Å²) in [6.45, 7) is 13.3. The number of carbonyl (C=O) groups is 1. The Morgan fingerprint density at radius 3 is 2.60 bits per heavy atom. The maximum atomic E-state index is 13.0. The standard InChI is InChI=1S/C36H50N4O5/c1-24-29(35(2)13-12-32(42)36(3,23-41)31(35)22-30(24)40-16-18-44-19-17-40)11-10-27-21-28(45-34(27)43)20-25-6-8-26(9-7-25)33(37)38-14-15-39(4)5/h6-11,20-21,29-32,41-42H,1,12-19,22-23H2,2-5H3,(H2,37,38)/b11-10+,28-20+/t29?,30?,31?,32-,35-,36+/m1/s1. The SMILES string of the molecule is C=C1C(N2CCOCC2)CC2[C@](C)(CC[C@@H](O)[C@@]2(C)CO)C1/C=C/C1=CC(=C\c2ccc(C(N)=NCCN(C)C)cc2)/OC1=O. The Morgan fingerprint density at radius 2 is 1.93 bits per heavy atom. The van der Waals surface area contributed by atoms with Gasteiger partial charge >= 0.3 is 5.97 Å². The molecule has 9 heteroatoms. The zero-order valence-corrected chi connectivity index (χ0v) is 27.2. The molecule has 9 nitrogen and oxygen atoms in total. The van der Waals surface area contributed by atoms with Crippen molar-refractivity contribution in [2.45, 2.75) is 45.3 Å². The first-order valence-corrected chi connectivity index (χ1v) is 16.1. The average molecular weight is 619 g/mol. The molecule has 45 heavy (non-hydrogen) atoms. The number of benzene rings is 1. The summed E-state index contributed by atoms with van der Waals surface area (Å²) in [5.74, 6) is 0.617. The molecule has 6 atom stereocenters. The first-order chi connectivity index (χ1) is 21.5. The Morgan fingerprint density at radius 1 is 1.22 bits per heavy atom. The first kappa shape index (κ1) is 33.3. The van der Waals surface area contributed by atoms with E-state index in [-0.39, 0.29) is 29.9 Å². The molecule has 0 spiro atoms. The molecule has 2 heterocycles. The maximum Gasteiger partial charge on any atom is 0.343 e. The molecule has 244 valence electrons. The Labute approximate surface area is 267 Å². The molecular formula is C36H50N4O5. The molecule has 3 fully saturated rings. The summed E-state index contributed by atoms with van der Waals surface area (Å²) in [4.78, 5) is 21.9. The van der Waals surface area contributed by atoms with E-state index in [1.165, 1.54) is 0 Å². The molecule has 1 saturated heterocycles. The number of aliphatic hydroxyl groups is 2. The number of carbonyl (C=O) groups excluding carboxylic acids is 1. The number of nitrogens with zero attached hydrogens (tertiary/aromatic N) is 3. The van der Waals surface area contributed by atoms with Crippen LogP contribution in [0.5, 0.6) is 0 Å². The third-order valence-electron chi connectivity index (χ3n) is 10.7. The van der Waals surface area contributed by atoms with Gasteiger partial charge in [-0.25, -0.2) is 4.79 Å². The number of ether oxygens (including phenoxy) is 2. The summed E-state index contributed by atoms with van der Waals surface area (Å²) < 4.78 is 11.3. The highest BCUT2D eigenvalue weighted by molar-refractivity contribution is 5.98. The van der Waals surface area contributed by atoms with Gasteiger partial charge in [-0.2, -0.15) is 0 Å². The summed E-state index contributed by atoms with van der Waals surface area (Å²) in [6.07, 6.45) is 9.29. The Kier molecular flexibility index (Phi) is 10.2. The third kappa shape index (κ3) is 6.88. The Balaban J connectivity index is 1.37. The second kappa shape index (κ2) is 13.7. The van der Waals surface area contributed by atoms with Gasteiger partial charge in [0.25, 0.3) is 0 Å². The van der Waals surface area contributed by atoms with E-state index in [1.807, 2.05) is 57.4 Å². The van der Waals surface area contributed by atoms with E-state index in [9.17, 15) is 15.0 Å². The van der Waals surface area contributed by atoms with E-state index in [2.05, 4.69) is 34.4 Å². The molecule has 0 radical (unpaired) electrons. The van der Waals surface area contributed by atoms with Crippen LogP contribution in [-0.2, 0) is 14.3 Å². The van der Waals surface area contributed by atoms with Crippen molar-refractivity contribution in [1.29, 1.82) is 0 Å². The van der Waals surface area contributed by atoms with E-state index in [4.69, 9.17) is 15.2 Å². The monoisotopic (exact) mass is 618 g/mol. The molecule has 0 amide bonds. The van der Waals surface area contributed by atoms with Crippen molar-refractivity contribution in [2.24, 2.45) is 33.4 Å². The van der Waals surface area contributed by atoms with Crippen LogP contribution in [0.1, 0.15) is 44.2 Å². The zero-order chi connectivity index (χ0) is 32.4. The highest BCUT2D eigenvalue weighted by Gasteiger charge is 2.59. The largest absolute Gasteiger partial charge is 0.423 e. The van der Waals surface area contributed by atoms with Gasteiger partial charge in [-0.3, -0.25) is 9.89 Å². The van der Waals surface area contributed by atoms with Crippen molar-refractivity contribution in [3.8, 4) is 0 Å². The predicted octanol–water partition coefficient (Wildman–Crippen LogP) is 3.39. The number of esters is 1. The van der Waals surface area contributed by atoms with E-state index >= 15 is 0 Å². The molecule has 4 N–H and O–H groups in total. The van der Waals surface area contributed by atoms with Crippen molar-refractivity contribution < 1.29 is 24.5 Å². The quantitative estimate of drug-likeness (QED) is 0.167. The van der Waals surface area contributed by atoms with Gasteiger partial charge in [0.15, 0.2) is 0 Å². The van der Waals surface area contributed by atoms with Crippen LogP contribution >= 0.6 is 0 Å². The number of aliphatic hydroxyl groups excluding tert-OH is 2. The summed E-state index contributed by atoms with van der Waals surface area (Å²) in [5.41, 5.74) is 8.65. The number of hydrogen-bond acceptors (Lipinski definition) is 8. The minimum absolute atomic E-state index is 0.0402. The van der Waals surface area contributed by atoms with Crippen LogP contribution in [0.2, 0.25) is 0 Å². The van der Waals surface area contributed by atoms with E-state index in [0.29, 0.717) is 43.3 Å². The molecule has 2 aliphatic carbocycles. The lowest BCUT2D eigenvalue weighted by Crippen LogP contribution is -2.61. The van der Waals surface area contributed by atoms with Crippen molar-refractivity contribution >= 4 is 17.9 Å². The van der Waals surface area contributed by atoms with Gasteiger partial charge in [-0.1, -0.05) is 62.4 Å². The number of rotatable bonds is 9. The number of nitrogens with two attached hydrogens (primary N) is 1. The van der Waals surface area contributed by atoms with Crippen molar-refractivity contribution in [2.75, 3.05) is 60.1 Å². The number of aliphatic imine (C=N–C) groups is 1. The predicted molar refractivity (Wildman–Crippen MR) is 177 cm³/mol. The fraction of sp³-hybridized carbons (Fsp3) is 0.556. The summed E-state index contributed by atoms with van der Waals surface area (Å²) in [6, 6.07) is 7.80. The van der Waals surface area contributed by atoms with Gasteiger partial charge in [0.2, 0.25) is 0 Å². The van der Waals surface area contributed by atoms with E-state index in [0.717, 1.165) is 49.2 Å². The summed E-state index contributed by atoms with van der Waals surface area (Å²) in [7, 11) is 4.00. The normalized spacial score (nSPS) is 34.0. The molecule has 1 aromatic rings. The van der Waals surface area contributed by atoms with Gasteiger partial charge in [-0.05, 0) is 62.4 Å². The van der Waals surface area contributed by atoms with Crippen LogP contribution in [0.4, 0.5) is 0 Å². The van der Waals surface area contributed by atoms with Gasteiger partial charge in [0.1, 0.15) is 11.6 Å². The number of morpholine rings is 1. The number of allylic oxidation sites excluding steroid dienone is 2. The van der Waals surface area contributed by atoms with Crippen LogP contribution in [0.15, 0.2) is 71.0 Å². The molecule has 1 aromatic carbocycles. The highest BCUT2D eigenvalue weighted by atomic mass is 16.5. The Hall–Kier alpha value is -3.08. The number of fused-ring (bicyclic) bond motifs is 1. The van der Waals surface area contributed by atoms with Gasteiger partial charge in [0, 0.05) is 42.6 Å². The molecule has 2 saturated carbocycles. The smallest absolute Gasteiger partial charge is 0.343 e.